The number of ketones is 1. The Morgan fingerprint density at radius 1 is 1.17 bits per heavy atom. The summed E-state index contributed by atoms with van der Waals surface area (Å²) in [5.41, 5.74) is 2.36. The van der Waals surface area contributed by atoms with Gasteiger partial charge in [-0.3, -0.25) is 4.79 Å². The lowest BCUT2D eigenvalue weighted by molar-refractivity contribution is -0.126. The number of allylic oxidation sites excluding steroid dienone is 5. The van der Waals surface area contributed by atoms with Gasteiger partial charge in [0.1, 0.15) is 18.1 Å². The fraction of sp³-hybridized carbons (Fsp3) is 0.381. The van der Waals surface area contributed by atoms with E-state index < -0.39 is 0 Å². The number of rotatable bonds is 7. The van der Waals surface area contributed by atoms with Crippen LogP contribution in [0.5, 0.6) is 5.75 Å². The maximum atomic E-state index is 11.5. The van der Waals surface area contributed by atoms with Gasteiger partial charge >= 0.3 is 0 Å². The first-order valence-electron chi connectivity index (χ1n) is 8.60. The summed E-state index contributed by atoms with van der Waals surface area (Å²) >= 11 is 0. The second-order valence-electron chi connectivity index (χ2n) is 5.96. The predicted molar refractivity (Wildman–Crippen MR) is 96.7 cm³/mol. The Kier molecular flexibility index (Phi) is 6.56. The largest absolute Gasteiger partial charge is 0.457 e. The molecule has 0 spiro atoms. The average Bonchev–Trinajstić information content (AvgIpc) is 3.37. The topological polar surface area (TPSA) is 35.5 Å². The van der Waals surface area contributed by atoms with Crippen molar-refractivity contribution in [3.8, 4) is 5.75 Å². The number of hydrogen-bond acceptors (Lipinski definition) is 3. The van der Waals surface area contributed by atoms with E-state index in [-0.39, 0.29) is 18.3 Å². The molecule has 3 rings (SSSR count). The van der Waals surface area contributed by atoms with Crippen molar-refractivity contribution in [1.29, 1.82) is 0 Å². The molecule has 3 nitrogen and oxygen atoms in total. The van der Waals surface area contributed by atoms with E-state index in [1.807, 2.05) is 58.0 Å². The molecule has 0 radical (unpaired) electrons. The summed E-state index contributed by atoms with van der Waals surface area (Å²) in [6.45, 7) is 8.37. The lowest BCUT2D eigenvalue weighted by Crippen LogP contribution is -2.14. The van der Waals surface area contributed by atoms with E-state index in [0.29, 0.717) is 12.5 Å². The van der Waals surface area contributed by atoms with Crippen molar-refractivity contribution in [3.05, 3.63) is 65.5 Å². The van der Waals surface area contributed by atoms with Crippen LogP contribution >= 0.6 is 0 Å². The zero-order valence-corrected chi connectivity index (χ0v) is 14.9. The summed E-state index contributed by atoms with van der Waals surface area (Å²) in [4.78, 5) is 11.5. The summed E-state index contributed by atoms with van der Waals surface area (Å²) in [6.07, 6.45) is 8.41. The molecule has 0 aliphatic heterocycles. The Hall–Kier alpha value is -2.13. The van der Waals surface area contributed by atoms with Crippen molar-refractivity contribution >= 4 is 5.78 Å². The zero-order valence-electron chi connectivity index (χ0n) is 14.9. The van der Waals surface area contributed by atoms with Gasteiger partial charge in [0.2, 0.25) is 0 Å². The molecule has 0 heterocycles. The first-order chi connectivity index (χ1) is 11.6. The fourth-order valence-corrected chi connectivity index (χ4v) is 2.17. The quantitative estimate of drug-likeness (QED) is 0.719. The van der Waals surface area contributed by atoms with Gasteiger partial charge < -0.3 is 9.47 Å². The van der Waals surface area contributed by atoms with Crippen molar-refractivity contribution in [2.24, 2.45) is 11.8 Å². The molecule has 0 fully saturated rings. The molecule has 0 saturated heterocycles. The highest BCUT2D eigenvalue weighted by Gasteiger charge is 2.23. The van der Waals surface area contributed by atoms with Gasteiger partial charge in [0, 0.05) is 11.8 Å². The third-order valence-corrected chi connectivity index (χ3v) is 3.74. The van der Waals surface area contributed by atoms with Crippen LogP contribution in [0.2, 0.25) is 0 Å². The average molecular weight is 326 g/mol. The highest BCUT2D eigenvalue weighted by atomic mass is 16.5. The maximum Gasteiger partial charge on any atom is 0.160 e. The molecule has 0 amide bonds. The van der Waals surface area contributed by atoms with E-state index in [4.69, 9.17) is 9.47 Å². The van der Waals surface area contributed by atoms with E-state index in [1.165, 1.54) is 5.57 Å². The Labute approximate surface area is 144 Å². The molecule has 2 aliphatic carbocycles. The molecule has 0 saturated carbocycles. The van der Waals surface area contributed by atoms with E-state index in [1.54, 1.807) is 0 Å². The standard InChI is InChI=1S/C19H20O3.C2H6/c1-13(2)19(20)12-21-11-14-3-6-17(7-4-14)22-18-8-5-15-9-16(15)10-18;1-2/h3-10,13,15H,11-12H2,1-2H3;1-2H3. The van der Waals surface area contributed by atoms with E-state index in [9.17, 15) is 4.79 Å². The second-order valence-corrected chi connectivity index (χ2v) is 5.96. The highest BCUT2D eigenvalue weighted by molar-refractivity contribution is 5.81. The second kappa shape index (κ2) is 8.65. The van der Waals surface area contributed by atoms with Crippen molar-refractivity contribution in [2.75, 3.05) is 6.61 Å². The third-order valence-electron chi connectivity index (χ3n) is 3.74. The molecule has 1 atom stereocenters. The van der Waals surface area contributed by atoms with Gasteiger partial charge in [0.15, 0.2) is 5.78 Å². The molecular weight excluding hydrogens is 300 g/mol. The number of ether oxygens (including phenoxy) is 2. The summed E-state index contributed by atoms with van der Waals surface area (Å²) in [6, 6.07) is 7.76. The van der Waals surface area contributed by atoms with Gasteiger partial charge in [-0.15, -0.1) is 0 Å². The van der Waals surface area contributed by atoms with Crippen LogP contribution in [0.25, 0.3) is 0 Å². The minimum Gasteiger partial charge on any atom is -0.457 e. The first kappa shape index (κ1) is 18.2. The van der Waals surface area contributed by atoms with Crippen LogP contribution in [-0.4, -0.2) is 12.4 Å². The minimum atomic E-state index is 0.0220. The number of carbonyl (C=O) groups is 1. The molecule has 128 valence electrons. The van der Waals surface area contributed by atoms with Gasteiger partial charge in [-0.1, -0.05) is 52.0 Å². The summed E-state index contributed by atoms with van der Waals surface area (Å²) in [7, 11) is 0. The molecule has 1 aromatic rings. The van der Waals surface area contributed by atoms with Crippen LogP contribution in [0, 0.1) is 11.8 Å². The Morgan fingerprint density at radius 3 is 2.50 bits per heavy atom. The third kappa shape index (κ3) is 5.20. The number of fused-ring (bicyclic) bond motifs is 1. The van der Waals surface area contributed by atoms with E-state index in [2.05, 4.69) is 18.2 Å². The van der Waals surface area contributed by atoms with E-state index in [0.717, 1.165) is 17.1 Å². The van der Waals surface area contributed by atoms with Crippen molar-refractivity contribution in [1.82, 2.24) is 0 Å². The molecule has 2 aliphatic rings. The van der Waals surface area contributed by atoms with Crippen LogP contribution in [0.1, 0.15) is 33.3 Å². The summed E-state index contributed by atoms with van der Waals surface area (Å²) < 4.78 is 11.3. The molecule has 0 N–H and O–H groups in total. The lowest BCUT2D eigenvalue weighted by Gasteiger charge is -2.10. The fourth-order valence-electron chi connectivity index (χ4n) is 2.17. The minimum absolute atomic E-state index is 0.0220. The smallest absolute Gasteiger partial charge is 0.160 e. The van der Waals surface area contributed by atoms with Gasteiger partial charge in [0.05, 0.1) is 6.61 Å². The van der Waals surface area contributed by atoms with Gasteiger partial charge in [-0.2, -0.15) is 0 Å². The molecule has 1 aromatic carbocycles. The SMILES string of the molecule is CC.CC(C)C(=O)COCc1ccc(OC2=CC3=CC3C=C2)cc1. The molecule has 24 heavy (non-hydrogen) atoms. The predicted octanol–water partition coefficient (Wildman–Crippen LogP) is 4.84. The van der Waals surface area contributed by atoms with Gasteiger partial charge in [-0.05, 0) is 35.4 Å². The van der Waals surface area contributed by atoms with Crippen molar-refractivity contribution < 1.29 is 14.3 Å². The number of hydrogen-bond donors (Lipinski definition) is 0. The van der Waals surface area contributed by atoms with Crippen LogP contribution in [0.4, 0.5) is 0 Å². The Balaban J connectivity index is 0.00000100. The van der Waals surface area contributed by atoms with Gasteiger partial charge in [0.25, 0.3) is 0 Å². The number of Topliss-reactive ketones (excluding diaryl/α,β-unsaturated/α-hetero) is 1. The van der Waals surface area contributed by atoms with Crippen LogP contribution < -0.4 is 4.74 Å². The maximum absolute atomic E-state index is 11.5. The zero-order chi connectivity index (χ0) is 17.5. The van der Waals surface area contributed by atoms with Crippen LogP contribution in [0.3, 0.4) is 0 Å². The van der Waals surface area contributed by atoms with E-state index >= 15 is 0 Å². The van der Waals surface area contributed by atoms with Crippen molar-refractivity contribution in [2.45, 2.75) is 34.3 Å². The lowest BCUT2D eigenvalue weighted by atomic mass is 10.1. The van der Waals surface area contributed by atoms with Crippen LogP contribution in [0.15, 0.2) is 59.9 Å². The summed E-state index contributed by atoms with van der Waals surface area (Å²) in [5, 5.41) is 0. The highest BCUT2D eigenvalue weighted by Crippen LogP contribution is 2.36. The molecule has 3 heteroatoms. The summed E-state index contributed by atoms with van der Waals surface area (Å²) in [5.74, 6) is 2.36. The molecule has 1 unspecified atom stereocenters. The van der Waals surface area contributed by atoms with Crippen LogP contribution in [-0.2, 0) is 16.1 Å². The molecule has 0 aromatic heterocycles. The number of carbonyl (C=O) groups excluding carboxylic acids is 1. The Morgan fingerprint density at radius 2 is 1.88 bits per heavy atom. The molecule has 0 bridgehead atoms. The van der Waals surface area contributed by atoms with Gasteiger partial charge in [-0.25, -0.2) is 0 Å². The molecular formula is C21H26O3. The number of benzene rings is 1. The Bertz CT molecular complexity index is 648. The first-order valence-corrected chi connectivity index (χ1v) is 8.60. The monoisotopic (exact) mass is 326 g/mol. The van der Waals surface area contributed by atoms with Crippen molar-refractivity contribution in [3.63, 3.8) is 0 Å². The normalized spacial score (nSPS) is 17.3.